The first kappa shape index (κ1) is 18.1. The third-order valence-electron chi connectivity index (χ3n) is 3.11. The number of aliphatic hydroxyl groups excluding tert-OH is 1. The average molecular weight is 317 g/mol. The van der Waals surface area contributed by atoms with Crippen molar-refractivity contribution < 1.29 is 10.2 Å². The second-order valence-electron chi connectivity index (χ2n) is 4.97. The first-order chi connectivity index (χ1) is 10.8. The number of nitriles is 1. The zero-order valence-electron chi connectivity index (χ0n) is 13.3. The third kappa shape index (κ3) is 4.26. The molecule has 8 heteroatoms. The van der Waals surface area contributed by atoms with Crippen LogP contribution in [0.25, 0.3) is 0 Å². The van der Waals surface area contributed by atoms with Gasteiger partial charge in [0.1, 0.15) is 11.6 Å². The predicted octanol–water partition coefficient (Wildman–Crippen LogP) is 3.06. The van der Waals surface area contributed by atoms with Gasteiger partial charge in [-0.3, -0.25) is 14.8 Å². The van der Waals surface area contributed by atoms with Crippen molar-refractivity contribution in [1.82, 2.24) is 4.57 Å². The van der Waals surface area contributed by atoms with Crippen molar-refractivity contribution in [3.63, 3.8) is 0 Å². The van der Waals surface area contributed by atoms with Crippen LogP contribution in [0.1, 0.15) is 37.8 Å². The van der Waals surface area contributed by atoms with E-state index in [-0.39, 0.29) is 40.8 Å². The van der Waals surface area contributed by atoms with Gasteiger partial charge in [-0.05, 0) is 20.3 Å². The zero-order valence-corrected chi connectivity index (χ0v) is 13.3. The monoisotopic (exact) mass is 317 g/mol. The molecule has 1 rings (SSSR count). The van der Waals surface area contributed by atoms with Gasteiger partial charge in [-0.25, -0.2) is 0 Å². The molecular weight excluding hydrogens is 298 g/mol. The summed E-state index contributed by atoms with van der Waals surface area (Å²) in [5, 5.41) is 43.1. The van der Waals surface area contributed by atoms with Crippen LogP contribution in [0.2, 0.25) is 0 Å². The van der Waals surface area contributed by atoms with Crippen LogP contribution in [-0.4, -0.2) is 20.6 Å². The largest absolute Gasteiger partial charge is 0.512 e. The molecule has 0 atom stereocenters. The number of hydrogen-bond donors (Lipinski definition) is 3. The minimum absolute atomic E-state index is 0.0462. The van der Waals surface area contributed by atoms with Crippen LogP contribution < -0.4 is 5.56 Å². The lowest BCUT2D eigenvalue weighted by molar-refractivity contribution is 0.399. The molecule has 0 saturated carbocycles. The topological polar surface area (TPSA) is 135 Å². The number of aromatic hydroxyl groups is 1. The molecule has 122 valence electrons. The van der Waals surface area contributed by atoms with Gasteiger partial charge in [0.05, 0.1) is 5.76 Å². The van der Waals surface area contributed by atoms with E-state index >= 15 is 0 Å². The molecule has 0 aliphatic rings. The summed E-state index contributed by atoms with van der Waals surface area (Å²) in [5.74, 6) is -0.839. The Kier molecular flexibility index (Phi) is 6.21. The predicted molar refractivity (Wildman–Crippen MR) is 85.4 cm³/mol. The Bertz CT molecular complexity index is 765. The van der Waals surface area contributed by atoms with Crippen molar-refractivity contribution in [3.8, 4) is 11.9 Å². The van der Waals surface area contributed by atoms with E-state index < -0.39 is 5.56 Å². The lowest BCUT2D eigenvalue weighted by Gasteiger charge is -2.12. The molecule has 1 aromatic heterocycles. The van der Waals surface area contributed by atoms with Crippen molar-refractivity contribution in [2.75, 3.05) is 0 Å². The molecule has 0 radical (unpaired) electrons. The lowest BCUT2D eigenvalue weighted by Crippen LogP contribution is -2.22. The van der Waals surface area contributed by atoms with Crippen LogP contribution in [0.4, 0.5) is 5.69 Å². The lowest BCUT2D eigenvalue weighted by atomic mass is 10.1. The number of rotatable bonds is 5. The van der Waals surface area contributed by atoms with Crippen molar-refractivity contribution in [2.45, 2.75) is 40.2 Å². The molecule has 1 aromatic rings. The fourth-order valence-electron chi connectivity index (χ4n) is 1.91. The smallest absolute Gasteiger partial charge is 0.281 e. The summed E-state index contributed by atoms with van der Waals surface area (Å²) in [7, 11) is 0. The van der Waals surface area contributed by atoms with Crippen LogP contribution >= 0.6 is 0 Å². The SMILES string of the molecule is CCCCn1c(O)c(C#N)c(C)c(N=NC(=N)/C=C(/C)O)c1=O. The second-order valence-corrected chi connectivity index (χ2v) is 4.97. The van der Waals surface area contributed by atoms with E-state index in [1.807, 2.05) is 13.0 Å². The Morgan fingerprint density at radius 3 is 2.70 bits per heavy atom. The van der Waals surface area contributed by atoms with E-state index in [1.54, 1.807) is 0 Å². The normalized spacial score (nSPS) is 11.7. The van der Waals surface area contributed by atoms with E-state index in [9.17, 15) is 15.2 Å². The number of unbranched alkanes of at least 4 members (excludes halogenated alkanes) is 1. The maximum Gasteiger partial charge on any atom is 0.281 e. The van der Waals surface area contributed by atoms with Crippen molar-refractivity contribution in [3.05, 3.63) is 33.3 Å². The van der Waals surface area contributed by atoms with E-state index in [4.69, 9.17) is 10.5 Å². The molecule has 1 heterocycles. The molecule has 0 bridgehead atoms. The van der Waals surface area contributed by atoms with Crippen LogP contribution in [0, 0.1) is 23.7 Å². The summed E-state index contributed by atoms with van der Waals surface area (Å²) in [5.41, 5.74) is -0.531. The molecule has 0 spiro atoms. The standard InChI is InChI=1S/C15H19N5O3/c1-4-5-6-20-14(22)11(8-16)10(3)13(15(20)23)19-18-12(17)7-9(2)21/h7,17,21-22H,4-6H2,1-3H3/b9-7-,17-12?,19-18?. The molecule has 0 saturated heterocycles. The Morgan fingerprint density at radius 2 is 2.17 bits per heavy atom. The van der Waals surface area contributed by atoms with Crippen LogP contribution in [-0.2, 0) is 6.54 Å². The molecule has 0 aromatic carbocycles. The van der Waals surface area contributed by atoms with Crippen molar-refractivity contribution >= 4 is 11.5 Å². The van der Waals surface area contributed by atoms with Gasteiger partial charge in [0.2, 0.25) is 5.88 Å². The Morgan fingerprint density at radius 1 is 1.52 bits per heavy atom. The molecule has 0 amide bonds. The van der Waals surface area contributed by atoms with E-state index in [0.717, 1.165) is 17.1 Å². The van der Waals surface area contributed by atoms with Gasteiger partial charge in [-0.2, -0.15) is 5.26 Å². The highest BCUT2D eigenvalue weighted by Crippen LogP contribution is 2.25. The number of nitrogens with one attached hydrogen (secondary N) is 1. The molecule has 23 heavy (non-hydrogen) atoms. The molecule has 3 N–H and O–H groups in total. The first-order valence-corrected chi connectivity index (χ1v) is 7.07. The number of azo groups is 1. The van der Waals surface area contributed by atoms with E-state index in [2.05, 4.69) is 10.2 Å². The molecule has 8 nitrogen and oxygen atoms in total. The number of amidine groups is 1. The van der Waals surface area contributed by atoms with Gasteiger partial charge in [0.15, 0.2) is 11.5 Å². The fourth-order valence-corrected chi connectivity index (χ4v) is 1.91. The molecule has 0 aliphatic heterocycles. The summed E-state index contributed by atoms with van der Waals surface area (Å²) >= 11 is 0. The maximum absolute atomic E-state index is 12.4. The van der Waals surface area contributed by atoms with Gasteiger partial charge < -0.3 is 10.2 Å². The number of nitrogens with zero attached hydrogens (tertiary/aromatic N) is 4. The second kappa shape index (κ2) is 7.89. The van der Waals surface area contributed by atoms with Crippen LogP contribution in [0.3, 0.4) is 0 Å². The molecular formula is C15H19N5O3. The Labute approximate surface area is 133 Å². The molecule has 0 aliphatic carbocycles. The number of allylic oxidation sites excluding steroid dienone is 1. The highest BCUT2D eigenvalue weighted by Gasteiger charge is 2.18. The summed E-state index contributed by atoms with van der Waals surface area (Å²) in [6.45, 7) is 5.05. The Hall–Kier alpha value is -2.95. The fraction of sp³-hybridized carbons (Fsp3) is 0.400. The third-order valence-corrected chi connectivity index (χ3v) is 3.11. The maximum atomic E-state index is 12.4. The van der Waals surface area contributed by atoms with Gasteiger partial charge in [-0.15, -0.1) is 10.2 Å². The minimum atomic E-state index is -0.575. The van der Waals surface area contributed by atoms with Gasteiger partial charge in [0, 0.05) is 18.2 Å². The van der Waals surface area contributed by atoms with Crippen molar-refractivity contribution in [2.24, 2.45) is 10.2 Å². The summed E-state index contributed by atoms with van der Waals surface area (Å²) in [6.07, 6.45) is 2.53. The highest BCUT2D eigenvalue weighted by molar-refractivity contribution is 5.90. The number of aromatic nitrogens is 1. The van der Waals surface area contributed by atoms with Crippen molar-refractivity contribution in [1.29, 1.82) is 10.7 Å². The molecule has 0 fully saturated rings. The minimum Gasteiger partial charge on any atom is -0.512 e. The van der Waals surface area contributed by atoms with E-state index in [0.29, 0.717) is 6.42 Å². The number of pyridine rings is 1. The summed E-state index contributed by atoms with van der Waals surface area (Å²) in [6, 6.07) is 1.85. The van der Waals surface area contributed by atoms with Crippen LogP contribution in [0.15, 0.2) is 26.9 Å². The van der Waals surface area contributed by atoms with Crippen LogP contribution in [0.5, 0.6) is 5.88 Å². The quantitative estimate of drug-likeness (QED) is 0.333. The van der Waals surface area contributed by atoms with Gasteiger partial charge >= 0.3 is 0 Å². The first-order valence-electron chi connectivity index (χ1n) is 7.07. The highest BCUT2D eigenvalue weighted by atomic mass is 16.3. The summed E-state index contributed by atoms with van der Waals surface area (Å²) in [4.78, 5) is 12.4. The zero-order chi connectivity index (χ0) is 17.6. The molecule has 0 unspecified atom stereocenters. The van der Waals surface area contributed by atoms with Gasteiger partial charge in [0.25, 0.3) is 5.56 Å². The van der Waals surface area contributed by atoms with Gasteiger partial charge in [-0.1, -0.05) is 13.3 Å². The summed E-state index contributed by atoms with van der Waals surface area (Å²) < 4.78 is 1.08. The average Bonchev–Trinajstić information content (AvgIpc) is 2.46. The number of aliphatic hydroxyl groups is 1. The van der Waals surface area contributed by atoms with E-state index in [1.165, 1.54) is 13.8 Å². The number of hydrogen-bond acceptors (Lipinski definition) is 6. The Balaban J connectivity index is 3.45.